The van der Waals surface area contributed by atoms with Crippen molar-refractivity contribution in [1.82, 2.24) is 9.88 Å². The standard InChI is InChI=1S/C15H22N2/c1-12(2)11-16-7-9-17-8-6-14-10-13(3)4-5-15(14)17/h4-6,8,10,12,16H,7,9,11H2,1-3H3. The van der Waals surface area contributed by atoms with Gasteiger partial charge in [0.25, 0.3) is 0 Å². The van der Waals surface area contributed by atoms with E-state index in [9.17, 15) is 0 Å². The average Bonchev–Trinajstić information content (AvgIpc) is 2.66. The van der Waals surface area contributed by atoms with Crippen molar-refractivity contribution in [2.45, 2.75) is 27.3 Å². The molecule has 0 aliphatic heterocycles. The van der Waals surface area contributed by atoms with Crippen LogP contribution in [0.1, 0.15) is 19.4 Å². The Kier molecular flexibility index (Phi) is 3.85. The maximum absolute atomic E-state index is 3.48. The van der Waals surface area contributed by atoms with Crippen LogP contribution in [-0.2, 0) is 6.54 Å². The van der Waals surface area contributed by atoms with E-state index in [2.05, 4.69) is 61.1 Å². The third kappa shape index (κ3) is 3.10. The molecule has 0 aliphatic carbocycles. The van der Waals surface area contributed by atoms with Crippen LogP contribution in [0.15, 0.2) is 30.5 Å². The molecule has 0 fully saturated rings. The topological polar surface area (TPSA) is 17.0 Å². The van der Waals surface area contributed by atoms with Gasteiger partial charge in [-0.15, -0.1) is 0 Å². The molecule has 2 rings (SSSR count). The summed E-state index contributed by atoms with van der Waals surface area (Å²) in [6, 6.07) is 8.84. The van der Waals surface area contributed by atoms with Crippen molar-refractivity contribution in [3.8, 4) is 0 Å². The van der Waals surface area contributed by atoms with E-state index in [-0.39, 0.29) is 0 Å². The molecular formula is C15H22N2. The van der Waals surface area contributed by atoms with Gasteiger partial charge in [-0.2, -0.15) is 0 Å². The zero-order chi connectivity index (χ0) is 12.3. The lowest BCUT2D eigenvalue weighted by Crippen LogP contribution is -2.23. The van der Waals surface area contributed by atoms with Crippen molar-refractivity contribution >= 4 is 10.9 Å². The van der Waals surface area contributed by atoms with Crippen LogP contribution in [0.4, 0.5) is 0 Å². The molecule has 0 unspecified atom stereocenters. The van der Waals surface area contributed by atoms with Crippen LogP contribution in [0, 0.1) is 12.8 Å². The monoisotopic (exact) mass is 230 g/mol. The molecule has 17 heavy (non-hydrogen) atoms. The van der Waals surface area contributed by atoms with Gasteiger partial charge in [0, 0.05) is 24.8 Å². The Hall–Kier alpha value is -1.28. The maximum Gasteiger partial charge on any atom is 0.0480 e. The molecule has 0 amide bonds. The molecule has 2 heteroatoms. The minimum Gasteiger partial charge on any atom is -0.346 e. The van der Waals surface area contributed by atoms with Crippen molar-refractivity contribution < 1.29 is 0 Å². The van der Waals surface area contributed by atoms with Gasteiger partial charge in [-0.05, 0) is 43.0 Å². The summed E-state index contributed by atoms with van der Waals surface area (Å²) < 4.78 is 2.32. The van der Waals surface area contributed by atoms with Crippen LogP contribution >= 0.6 is 0 Å². The summed E-state index contributed by atoms with van der Waals surface area (Å²) in [6.07, 6.45) is 2.18. The Balaban J connectivity index is 1.99. The molecular weight excluding hydrogens is 208 g/mol. The van der Waals surface area contributed by atoms with Gasteiger partial charge in [0.15, 0.2) is 0 Å². The second-order valence-corrected chi connectivity index (χ2v) is 5.17. The summed E-state index contributed by atoms with van der Waals surface area (Å²) in [5.41, 5.74) is 2.66. The van der Waals surface area contributed by atoms with Crippen LogP contribution in [0.5, 0.6) is 0 Å². The predicted molar refractivity (Wildman–Crippen MR) is 74.4 cm³/mol. The van der Waals surface area contributed by atoms with Gasteiger partial charge < -0.3 is 9.88 Å². The molecule has 1 N–H and O–H groups in total. The number of benzene rings is 1. The van der Waals surface area contributed by atoms with Crippen molar-refractivity contribution in [3.63, 3.8) is 0 Å². The molecule has 92 valence electrons. The Morgan fingerprint density at radius 1 is 1.24 bits per heavy atom. The van der Waals surface area contributed by atoms with E-state index < -0.39 is 0 Å². The third-order valence-electron chi connectivity index (χ3n) is 3.01. The zero-order valence-electron chi connectivity index (χ0n) is 11.0. The molecule has 1 aromatic heterocycles. The fourth-order valence-corrected chi connectivity index (χ4v) is 2.10. The number of nitrogens with one attached hydrogen (secondary N) is 1. The van der Waals surface area contributed by atoms with E-state index in [0.717, 1.165) is 25.6 Å². The summed E-state index contributed by atoms with van der Waals surface area (Å²) in [6.45, 7) is 9.79. The zero-order valence-corrected chi connectivity index (χ0v) is 11.0. The largest absolute Gasteiger partial charge is 0.346 e. The van der Waals surface area contributed by atoms with E-state index in [1.54, 1.807) is 0 Å². The van der Waals surface area contributed by atoms with E-state index >= 15 is 0 Å². The summed E-state index contributed by atoms with van der Waals surface area (Å²) in [5, 5.41) is 4.82. The lowest BCUT2D eigenvalue weighted by Gasteiger charge is -2.09. The van der Waals surface area contributed by atoms with Gasteiger partial charge in [0.2, 0.25) is 0 Å². The first-order valence-corrected chi connectivity index (χ1v) is 6.43. The van der Waals surface area contributed by atoms with Crippen LogP contribution in [0.2, 0.25) is 0 Å². The van der Waals surface area contributed by atoms with Crippen LogP contribution < -0.4 is 5.32 Å². The fourth-order valence-electron chi connectivity index (χ4n) is 2.10. The van der Waals surface area contributed by atoms with E-state index in [1.807, 2.05) is 0 Å². The molecule has 0 radical (unpaired) electrons. The van der Waals surface area contributed by atoms with Crippen LogP contribution in [-0.4, -0.2) is 17.7 Å². The summed E-state index contributed by atoms with van der Waals surface area (Å²) >= 11 is 0. The molecule has 0 saturated carbocycles. The minimum atomic E-state index is 0.721. The quantitative estimate of drug-likeness (QED) is 0.781. The second-order valence-electron chi connectivity index (χ2n) is 5.17. The molecule has 0 spiro atoms. The number of aryl methyl sites for hydroxylation is 1. The molecule has 0 aliphatic rings. The highest BCUT2D eigenvalue weighted by molar-refractivity contribution is 5.80. The number of aromatic nitrogens is 1. The van der Waals surface area contributed by atoms with Crippen molar-refractivity contribution in [2.24, 2.45) is 5.92 Å². The van der Waals surface area contributed by atoms with Crippen LogP contribution in [0.25, 0.3) is 10.9 Å². The van der Waals surface area contributed by atoms with E-state index in [4.69, 9.17) is 0 Å². The van der Waals surface area contributed by atoms with Gasteiger partial charge in [-0.3, -0.25) is 0 Å². The van der Waals surface area contributed by atoms with Crippen molar-refractivity contribution in [1.29, 1.82) is 0 Å². The molecule has 0 saturated heterocycles. The lowest BCUT2D eigenvalue weighted by molar-refractivity contribution is 0.529. The highest BCUT2D eigenvalue weighted by Crippen LogP contribution is 2.16. The van der Waals surface area contributed by atoms with Gasteiger partial charge in [0.1, 0.15) is 0 Å². The summed E-state index contributed by atoms with van der Waals surface area (Å²) in [5.74, 6) is 0.721. The molecule has 2 aromatic rings. The number of nitrogens with zero attached hydrogens (tertiary/aromatic N) is 1. The van der Waals surface area contributed by atoms with Gasteiger partial charge in [-0.25, -0.2) is 0 Å². The van der Waals surface area contributed by atoms with Gasteiger partial charge in [-0.1, -0.05) is 25.5 Å². The molecule has 0 atom stereocenters. The molecule has 0 bridgehead atoms. The average molecular weight is 230 g/mol. The third-order valence-corrected chi connectivity index (χ3v) is 3.01. The van der Waals surface area contributed by atoms with E-state index in [0.29, 0.717) is 0 Å². The Bertz CT molecular complexity index is 483. The fraction of sp³-hybridized carbons (Fsp3) is 0.467. The first-order chi connectivity index (χ1) is 8.16. The SMILES string of the molecule is Cc1ccc2c(ccn2CCNCC(C)C)c1. The van der Waals surface area contributed by atoms with Gasteiger partial charge in [0.05, 0.1) is 0 Å². The number of hydrogen-bond donors (Lipinski definition) is 1. The second kappa shape index (κ2) is 5.37. The summed E-state index contributed by atoms with van der Waals surface area (Å²) in [4.78, 5) is 0. The number of rotatable bonds is 5. The van der Waals surface area contributed by atoms with Crippen molar-refractivity contribution in [2.75, 3.05) is 13.1 Å². The Morgan fingerprint density at radius 2 is 2.06 bits per heavy atom. The Labute approximate surface area is 104 Å². The number of hydrogen-bond acceptors (Lipinski definition) is 1. The first-order valence-electron chi connectivity index (χ1n) is 6.43. The highest BCUT2D eigenvalue weighted by Gasteiger charge is 2.00. The maximum atomic E-state index is 3.48. The van der Waals surface area contributed by atoms with Gasteiger partial charge >= 0.3 is 0 Å². The van der Waals surface area contributed by atoms with Crippen LogP contribution in [0.3, 0.4) is 0 Å². The Morgan fingerprint density at radius 3 is 2.82 bits per heavy atom. The molecule has 2 nitrogen and oxygen atoms in total. The lowest BCUT2D eigenvalue weighted by atomic mass is 10.2. The minimum absolute atomic E-state index is 0.721. The molecule has 1 aromatic carbocycles. The normalized spacial score (nSPS) is 11.5. The highest BCUT2D eigenvalue weighted by atomic mass is 15.0. The smallest absolute Gasteiger partial charge is 0.0480 e. The number of fused-ring (bicyclic) bond motifs is 1. The van der Waals surface area contributed by atoms with E-state index in [1.165, 1.54) is 16.5 Å². The summed E-state index contributed by atoms with van der Waals surface area (Å²) in [7, 11) is 0. The van der Waals surface area contributed by atoms with Crippen molar-refractivity contribution in [3.05, 3.63) is 36.0 Å². The first kappa shape index (κ1) is 12.2. The predicted octanol–water partition coefficient (Wildman–Crippen LogP) is 3.20. The molecule has 1 heterocycles.